The molecular formula is C18H22O5. The van der Waals surface area contributed by atoms with Crippen LogP contribution in [0.4, 0.5) is 0 Å². The summed E-state index contributed by atoms with van der Waals surface area (Å²) in [6, 6.07) is 9.34. The van der Waals surface area contributed by atoms with Crippen LogP contribution >= 0.6 is 0 Å². The molecule has 5 nitrogen and oxygen atoms in total. The van der Waals surface area contributed by atoms with E-state index in [1.165, 1.54) is 27.2 Å². The summed E-state index contributed by atoms with van der Waals surface area (Å²) in [6.45, 7) is 3.21. The van der Waals surface area contributed by atoms with Gasteiger partial charge in [-0.15, -0.1) is 0 Å². The zero-order valence-electron chi connectivity index (χ0n) is 13.9. The number of methoxy groups -OCH3 is 2. The van der Waals surface area contributed by atoms with E-state index in [1.807, 2.05) is 30.3 Å². The number of carbonyl (C=O) groups is 3. The van der Waals surface area contributed by atoms with Gasteiger partial charge < -0.3 is 14.3 Å². The predicted molar refractivity (Wildman–Crippen MR) is 86.5 cm³/mol. The van der Waals surface area contributed by atoms with Crippen LogP contribution in [-0.2, 0) is 23.9 Å². The number of hydrogen-bond acceptors (Lipinski definition) is 5. The maximum atomic E-state index is 12.3. The molecule has 0 saturated carbocycles. The zero-order chi connectivity index (χ0) is 17.5. The second-order valence-corrected chi connectivity index (χ2v) is 5.35. The number of allylic oxidation sites excluding steroid dienone is 1. The predicted octanol–water partition coefficient (Wildman–Crippen LogP) is 2.79. The van der Waals surface area contributed by atoms with Gasteiger partial charge in [-0.3, -0.25) is 9.59 Å². The van der Waals surface area contributed by atoms with E-state index in [9.17, 15) is 14.4 Å². The highest BCUT2D eigenvalue weighted by atomic mass is 16.5. The molecule has 1 aromatic carbocycles. The normalized spacial score (nSPS) is 11.7. The summed E-state index contributed by atoms with van der Waals surface area (Å²) in [7, 11) is 2.42. The highest BCUT2D eigenvalue weighted by Crippen LogP contribution is 2.33. The van der Waals surface area contributed by atoms with E-state index in [4.69, 9.17) is 9.47 Å². The van der Waals surface area contributed by atoms with Crippen molar-refractivity contribution in [3.05, 3.63) is 42.0 Å². The lowest BCUT2D eigenvalue weighted by molar-refractivity contribution is -0.165. The lowest BCUT2D eigenvalue weighted by Crippen LogP contribution is -2.40. The van der Waals surface area contributed by atoms with Gasteiger partial charge in [0.2, 0.25) is 0 Å². The number of ketones is 1. The Morgan fingerprint density at radius 1 is 1.00 bits per heavy atom. The lowest BCUT2D eigenvalue weighted by Gasteiger charge is -2.25. The van der Waals surface area contributed by atoms with Crippen molar-refractivity contribution in [1.82, 2.24) is 0 Å². The van der Waals surface area contributed by atoms with Crippen LogP contribution in [0, 0.1) is 5.41 Å². The first-order chi connectivity index (χ1) is 10.9. The van der Waals surface area contributed by atoms with E-state index >= 15 is 0 Å². The average Bonchev–Trinajstić information content (AvgIpc) is 2.57. The molecule has 0 heterocycles. The minimum absolute atomic E-state index is 0.00581. The van der Waals surface area contributed by atoms with Crippen LogP contribution in [-0.4, -0.2) is 31.9 Å². The smallest absolute Gasteiger partial charge is 0.327 e. The van der Waals surface area contributed by atoms with Gasteiger partial charge in [0.25, 0.3) is 0 Å². The molecule has 0 spiro atoms. The summed E-state index contributed by atoms with van der Waals surface area (Å²) in [5.74, 6) is -1.59. The second-order valence-electron chi connectivity index (χ2n) is 5.35. The largest absolute Gasteiger partial charge is 0.468 e. The Balaban J connectivity index is 3.38. The third kappa shape index (κ3) is 4.52. The molecule has 124 valence electrons. The minimum atomic E-state index is -1.63. The first-order valence-corrected chi connectivity index (χ1v) is 7.28. The summed E-state index contributed by atoms with van der Waals surface area (Å²) in [6.07, 6.45) is 1.61. The third-order valence-corrected chi connectivity index (χ3v) is 3.66. The third-order valence-electron chi connectivity index (χ3n) is 3.66. The first-order valence-electron chi connectivity index (χ1n) is 7.28. The Labute approximate surface area is 136 Å². The van der Waals surface area contributed by atoms with Gasteiger partial charge in [0.05, 0.1) is 14.2 Å². The van der Waals surface area contributed by atoms with Crippen molar-refractivity contribution in [2.75, 3.05) is 14.2 Å². The number of rotatable bonds is 7. The van der Waals surface area contributed by atoms with Gasteiger partial charge in [0, 0.05) is 6.42 Å². The number of carbonyl (C=O) groups excluding carboxylic acids is 3. The Morgan fingerprint density at radius 3 is 1.96 bits per heavy atom. The van der Waals surface area contributed by atoms with Crippen molar-refractivity contribution in [3.8, 4) is 0 Å². The number of benzene rings is 1. The lowest BCUT2D eigenvalue weighted by atomic mass is 9.80. The number of hydrogen-bond donors (Lipinski definition) is 0. The van der Waals surface area contributed by atoms with Crippen molar-refractivity contribution >= 4 is 23.3 Å². The molecular weight excluding hydrogens is 296 g/mol. The molecule has 0 saturated heterocycles. The molecule has 0 fully saturated rings. The van der Waals surface area contributed by atoms with Crippen LogP contribution in [0.15, 0.2) is 36.4 Å². The number of ether oxygens (including phenoxy) is 2. The molecule has 0 unspecified atom stereocenters. The van der Waals surface area contributed by atoms with Crippen molar-refractivity contribution in [2.24, 2.45) is 5.41 Å². The van der Waals surface area contributed by atoms with E-state index in [2.05, 4.69) is 0 Å². The molecule has 5 heteroatoms. The summed E-state index contributed by atoms with van der Waals surface area (Å²) >= 11 is 0. The fourth-order valence-corrected chi connectivity index (χ4v) is 2.37. The highest BCUT2D eigenvalue weighted by molar-refractivity contribution is 6.04. The second kappa shape index (κ2) is 8.27. The Hall–Kier alpha value is -2.43. The molecule has 0 N–H and O–H groups in total. The van der Waals surface area contributed by atoms with Gasteiger partial charge in [-0.25, -0.2) is 0 Å². The maximum Gasteiger partial charge on any atom is 0.327 e. The van der Waals surface area contributed by atoms with E-state index in [-0.39, 0.29) is 18.6 Å². The molecule has 0 aromatic heterocycles. The van der Waals surface area contributed by atoms with E-state index in [0.717, 1.165) is 11.1 Å². The number of Topliss-reactive ketones (excluding diaryl/α,β-unsaturated/α-hetero) is 1. The minimum Gasteiger partial charge on any atom is -0.468 e. The van der Waals surface area contributed by atoms with Crippen molar-refractivity contribution in [2.45, 2.75) is 26.7 Å². The Bertz CT molecular complexity index is 585. The topological polar surface area (TPSA) is 69.7 Å². The van der Waals surface area contributed by atoms with Crippen LogP contribution in [0.3, 0.4) is 0 Å². The fraction of sp³-hybridized carbons (Fsp3) is 0.389. The van der Waals surface area contributed by atoms with Crippen LogP contribution in [0.2, 0.25) is 0 Å². The monoisotopic (exact) mass is 318 g/mol. The van der Waals surface area contributed by atoms with Gasteiger partial charge in [-0.05, 0) is 31.4 Å². The summed E-state index contributed by atoms with van der Waals surface area (Å²) < 4.78 is 9.62. The SMILES string of the molecule is COC(=O)C(/C=C(\C)c1ccccc1)(CCC(C)=O)C(=O)OC. The Morgan fingerprint density at radius 2 is 1.52 bits per heavy atom. The summed E-state index contributed by atoms with van der Waals surface area (Å²) in [5, 5.41) is 0. The van der Waals surface area contributed by atoms with Gasteiger partial charge in [0.15, 0.2) is 5.41 Å². The molecule has 23 heavy (non-hydrogen) atoms. The molecule has 0 bridgehead atoms. The molecule has 0 aliphatic carbocycles. The summed E-state index contributed by atoms with van der Waals surface area (Å²) in [4.78, 5) is 36.0. The molecule has 0 aliphatic heterocycles. The van der Waals surface area contributed by atoms with Crippen molar-refractivity contribution < 1.29 is 23.9 Å². The zero-order valence-corrected chi connectivity index (χ0v) is 13.9. The van der Waals surface area contributed by atoms with Crippen molar-refractivity contribution in [1.29, 1.82) is 0 Å². The van der Waals surface area contributed by atoms with Gasteiger partial charge in [-0.2, -0.15) is 0 Å². The quantitative estimate of drug-likeness (QED) is 0.571. The van der Waals surface area contributed by atoms with E-state index < -0.39 is 17.4 Å². The summed E-state index contributed by atoms with van der Waals surface area (Å²) in [5.41, 5.74) is -0.0350. The van der Waals surface area contributed by atoms with E-state index in [0.29, 0.717) is 0 Å². The molecule has 1 rings (SSSR count). The van der Waals surface area contributed by atoms with Crippen LogP contribution in [0.25, 0.3) is 5.57 Å². The molecule has 1 aromatic rings. The van der Waals surface area contributed by atoms with Crippen LogP contribution < -0.4 is 0 Å². The highest BCUT2D eigenvalue weighted by Gasteiger charge is 2.46. The number of esters is 2. The van der Waals surface area contributed by atoms with E-state index in [1.54, 1.807) is 6.92 Å². The van der Waals surface area contributed by atoms with Gasteiger partial charge >= 0.3 is 11.9 Å². The average molecular weight is 318 g/mol. The van der Waals surface area contributed by atoms with Crippen LogP contribution in [0.5, 0.6) is 0 Å². The first kappa shape index (κ1) is 18.6. The maximum absolute atomic E-state index is 12.3. The fourth-order valence-electron chi connectivity index (χ4n) is 2.37. The molecule has 0 radical (unpaired) electrons. The van der Waals surface area contributed by atoms with Crippen LogP contribution in [0.1, 0.15) is 32.3 Å². The Kier molecular flexibility index (Phi) is 6.69. The van der Waals surface area contributed by atoms with Crippen molar-refractivity contribution in [3.63, 3.8) is 0 Å². The standard InChI is InChI=1S/C18H22O5/c1-13(15-8-6-5-7-9-15)12-18(16(20)22-3,17(21)23-4)11-10-14(2)19/h5-9,12H,10-11H2,1-4H3/b13-12+. The molecule has 0 atom stereocenters. The van der Waals surface area contributed by atoms with Gasteiger partial charge in [0.1, 0.15) is 5.78 Å². The molecule has 0 aliphatic rings. The molecule has 0 amide bonds. The van der Waals surface area contributed by atoms with Gasteiger partial charge in [-0.1, -0.05) is 36.4 Å².